The minimum atomic E-state index is -1.46. The number of fused-ring (bicyclic) bond motifs is 1. The third-order valence-corrected chi connectivity index (χ3v) is 4.13. The molecule has 1 heterocycles. The van der Waals surface area contributed by atoms with Gasteiger partial charge in [0.25, 0.3) is 12.2 Å². The first-order chi connectivity index (χ1) is 12.4. The van der Waals surface area contributed by atoms with Crippen LogP contribution in [-0.4, -0.2) is 25.3 Å². The second-order valence-electron chi connectivity index (χ2n) is 5.85. The highest BCUT2D eigenvalue weighted by molar-refractivity contribution is 5.95. The van der Waals surface area contributed by atoms with Crippen LogP contribution in [0, 0.1) is 12.7 Å². The van der Waals surface area contributed by atoms with Gasteiger partial charge in [-0.05, 0) is 42.3 Å². The first-order valence-corrected chi connectivity index (χ1v) is 7.97. The molecule has 0 radical (unpaired) electrons. The molecule has 0 aliphatic carbocycles. The van der Waals surface area contributed by atoms with Gasteiger partial charge in [-0.3, -0.25) is 9.59 Å². The number of anilines is 1. The van der Waals surface area contributed by atoms with Crippen molar-refractivity contribution in [1.29, 1.82) is 0 Å². The van der Waals surface area contributed by atoms with E-state index in [1.54, 1.807) is 25.3 Å². The molecule has 1 amide bonds. The second kappa shape index (κ2) is 7.13. The molecule has 1 N–H and O–H groups in total. The van der Waals surface area contributed by atoms with Crippen molar-refractivity contribution in [2.75, 3.05) is 12.4 Å². The van der Waals surface area contributed by atoms with E-state index in [2.05, 4.69) is 5.32 Å². The lowest BCUT2D eigenvalue weighted by Gasteiger charge is -2.23. The molecule has 26 heavy (non-hydrogen) atoms. The number of hydrogen-bond donors (Lipinski definition) is 1. The van der Waals surface area contributed by atoms with Crippen LogP contribution >= 0.6 is 0 Å². The molecule has 1 aliphatic rings. The van der Waals surface area contributed by atoms with Gasteiger partial charge in [0.1, 0.15) is 17.7 Å². The molecule has 3 rings (SSSR count). The van der Waals surface area contributed by atoms with Gasteiger partial charge in [0.05, 0.1) is 7.11 Å². The fourth-order valence-electron chi connectivity index (χ4n) is 2.92. The number of carbonyl (C=O) groups excluding carboxylic acids is 2. The number of methoxy groups -OCH3 is 1. The van der Waals surface area contributed by atoms with E-state index < -0.39 is 30.1 Å². The van der Waals surface area contributed by atoms with E-state index in [9.17, 15) is 14.0 Å². The Bertz CT molecular complexity index is 867. The summed E-state index contributed by atoms with van der Waals surface area (Å²) in [5, 5.41) is 2.61. The average Bonchev–Trinajstić information content (AvgIpc) is 2.72. The quantitative estimate of drug-likeness (QED) is 0.853. The van der Waals surface area contributed by atoms with Crippen molar-refractivity contribution in [3.8, 4) is 5.75 Å². The molecule has 2 atom stereocenters. The van der Waals surface area contributed by atoms with Crippen LogP contribution in [-0.2, 0) is 19.1 Å². The molecule has 0 aromatic heterocycles. The van der Waals surface area contributed by atoms with E-state index in [-0.39, 0.29) is 0 Å². The molecule has 0 saturated heterocycles. The molecule has 0 spiro atoms. The maximum atomic E-state index is 13.9. The Hall–Kier alpha value is -2.93. The van der Waals surface area contributed by atoms with Gasteiger partial charge in [0.15, 0.2) is 0 Å². The minimum Gasteiger partial charge on any atom is -0.496 e. The van der Waals surface area contributed by atoms with Crippen molar-refractivity contribution in [3.63, 3.8) is 0 Å². The smallest absolute Gasteiger partial charge is 0.305 e. The van der Waals surface area contributed by atoms with Gasteiger partial charge in [-0.2, -0.15) is 0 Å². The second-order valence-corrected chi connectivity index (χ2v) is 5.85. The van der Waals surface area contributed by atoms with Crippen LogP contribution in [0.15, 0.2) is 36.4 Å². The maximum absolute atomic E-state index is 13.9. The van der Waals surface area contributed by atoms with Crippen LogP contribution in [0.2, 0.25) is 0 Å². The molecule has 136 valence electrons. The fraction of sp³-hybridized carbons (Fsp3) is 0.263. The summed E-state index contributed by atoms with van der Waals surface area (Å²) < 4.78 is 30.0. The Labute approximate surface area is 149 Å². The van der Waals surface area contributed by atoms with Gasteiger partial charge in [0, 0.05) is 18.2 Å². The van der Waals surface area contributed by atoms with Crippen molar-refractivity contribution in [2.24, 2.45) is 0 Å². The van der Waals surface area contributed by atoms with Crippen LogP contribution in [0.1, 0.15) is 29.7 Å². The van der Waals surface area contributed by atoms with E-state index in [4.69, 9.17) is 14.2 Å². The average molecular weight is 359 g/mol. The topological polar surface area (TPSA) is 73.9 Å². The predicted octanol–water partition coefficient (Wildman–Crippen LogP) is 3.09. The molecule has 0 unspecified atom stereocenters. The Balaban J connectivity index is 2.15. The Kier molecular flexibility index (Phi) is 4.90. The fourth-order valence-corrected chi connectivity index (χ4v) is 2.92. The van der Waals surface area contributed by atoms with Crippen LogP contribution in [0.4, 0.5) is 10.1 Å². The van der Waals surface area contributed by atoms with Gasteiger partial charge in [-0.15, -0.1) is 0 Å². The van der Waals surface area contributed by atoms with Gasteiger partial charge in [-0.1, -0.05) is 12.1 Å². The Morgan fingerprint density at radius 2 is 2.00 bits per heavy atom. The van der Waals surface area contributed by atoms with Crippen LogP contribution in [0.3, 0.4) is 0 Å². The summed E-state index contributed by atoms with van der Waals surface area (Å²) in [5.74, 6) is -1.16. The molecule has 7 heteroatoms. The van der Waals surface area contributed by atoms with Gasteiger partial charge in [0.2, 0.25) is 0 Å². The molecule has 6 nitrogen and oxygen atoms in total. The number of halogens is 1. The first kappa shape index (κ1) is 17.9. The molecule has 2 aromatic carbocycles. The lowest BCUT2D eigenvalue weighted by Crippen LogP contribution is -2.33. The van der Waals surface area contributed by atoms with Crippen LogP contribution < -0.4 is 10.1 Å². The highest BCUT2D eigenvalue weighted by atomic mass is 19.1. The van der Waals surface area contributed by atoms with Crippen LogP contribution in [0.5, 0.6) is 5.75 Å². The standard InChI is InChI=1S/C19H18FNO5/c1-10-13(5-4-6-16(10)24-3)17-14-9-12(20)7-8-15(14)21-18(23)19(26-17)25-11(2)22/h4-9,17,19H,1-3H3,(H,21,23)/t17-,19+/m0/s1. The molecule has 1 aliphatic heterocycles. The maximum Gasteiger partial charge on any atom is 0.305 e. The molecular weight excluding hydrogens is 341 g/mol. The molecule has 0 bridgehead atoms. The Morgan fingerprint density at radius 3 is 2.69 bits per heavy atom. The zero-order valence-corrected chi connectivity index (χ0v) is 14.5. The first-order valence-electron chi connectivity index (χ1n) is 7.97. The lowest BCUT2D eigenvalue weighted by molar-refractivity contribution is -0.187. The summed E-state index contributed by atoms with van der Waals surface area (Å²) in [6.45, 7) is 3.01. The predicted molar refractivity (Wildman–Crippen MR) is 91.2 cm³/mol. The van der Waals surface area contributed by atoms with E-state index in [1.165, 1.54) is 25.1 Å². The molecule has 2 aromatic rings. The SMILES string of the molecule is COc1cccc([C@@H]2O[C@@H](OC(C)=O)C(=O)Nc3ccc(F)cc32)c1C. The largest absolute Gasteiger partial charge is 0.496 e. The monoisotopic (exact) mass is 359 g/mol. The van der Waals surface area contributed by atoms with Crippen molar-refractivity contribution in [3.05, 3.63) is 58.9 Å². The number of esters is 1. The van der Waals surface area contributed by atoms with E-state index in [0.29, 0.717) is 22.6 Å². The highest BCUT2D eigenvalue weighted by Gasteiger charge is 2.34. The van der Waals surface area contributed by atoms with Crippen molar-refractivity contribution in [1.82, 2.24) is 0 Å². The van der Waals surface area contributed by atoms with Gasteiger partial charge in [-0.25, -0.2) is 4.39 Å². The third kappa shape index (κ3) is 3.39. The summed E-state index contributed by atoms with van der Waals surface area (Å²) in [5.41, 5.74) is 2.25. The van der Waals surface area contributed by atoms with Crippen molar-refractivity contribution in [2.45, 2.75) is 26.2 Å². The summed E-state index contributed by atoms with van der Waals surface area (Å²) in [4.78, 5) is 23.7. The number of benzene rings is 2. The normalized spacial score (nSPS) is 19.2. The molecular formula is C19H18FNO5. The summed E-state index contributed by atoms with van der Waals surface area (Å²) >= 11 is 0. The third-order valence-electron chi connectivity index (χ3n) is 4.13. The molecule has 0 fully saturated rings. The number of nitrogens with one attached hydrogen (secondary N) is 1. The van der Waals surface area contributed by atoms with E-state index in [0.717, 1.165) is 5.56 Å². The summed E-state index contributed by atoms with van der Waals surface area (Å²) in [6.07, 6.45) is -2.29. The van der Waals surface area contributed by atoms with Crippen molar-refractivity contribution < 1.29 is 28.2 Å². The van der Waals surface area contributed by atoms with Gasteiger partial charge >= 0.3 is 5.97 Å². The van der Waals surface area contributed by atoms with E-state index in [1.807, 2.05) is 6.92 Å². The highest BCUT2D eigenvalue weighted by Crippen LogP contribution is 2.39. The lowest BCUT2D eigenvalue weighted by atomic mass is 9.95. The van der Waals surface area contributed by atoms with E-state index >= 15 is 0 Å². The van der Waals surface area contributed by atoms with Gasteiger partial charge < -0.3 is 19.5 Å². The Morgan fingerprint density at radius 1 is 1.23 bits per heavy atom. The van der Waals surface area contributed by atoms with Crippen LogP contribution in [0.25, 0.3) is 0 Å². The zero-order chi connectivity index (χ0) is 18.8. The number of amides is 1. The molecule has 0 saturated carbocycles. The zero-order valence-electron chi connectivity index (χ0n) is 14.5. The summed E-state index contributed by atoms with van der Waals surface area (Å²) in [7, 11) is 1.54. The number of carbonyl (C=O) groups is 2. The number of ether oxygens (including phenoxy) is 3. The number of rotatable bonds is 3. The van der Waals surface area contributed by atoms with Crippen molar-refractivity contribution >= 4 is 17.6 Å². The minimum absolute atomic E-state index is 0.387. The summed E-state index contributed by atoms with van der Waals surface area (Å²) in [6, 6.07) is 9.32. The number of hydrogen-bond acceptors (Lipinski definition) is 5.